The molecular weight excluding hydrogens is 753 g/mol. The lowest BCUT2D eigenvalue weighted by molar-refractivity contribution is -0.161. The first-order chi connectivity index (χ1) is 28.1. The zero-order valence-electron chi connectivity index (χ0n) is 36.9. The molecule has 0 saturated heterocycles. The quantitative estimate of drug-likeness (QED) is 0.0263. The Morgan fingerprint density at radius 1 is 0.534 bits per heavy atom. The molecule has 0 rings (SSSR count). The molecule has 0 aliphatic rings. The molecule has 336 valence electrons. The Bertz CT molecular complexity index is 1170. The van der Waals surface area contributed by atoms with Gasteiger partial charge in [-0.1, -0.05) is 184 Å². The molecule has 0 heterocycles. The molecule has 0 aliphatic heterocycles. The Labute approximate surface area is 353 Å². The molecule has 0 aromatic rings. The van der Waals surface area contributed by atoms with E-state index in [1.165, 1.54) is 116 Å². The van der Waals surface area contributed by atoms with Gasteiger partial charge in [0.2, 0.25) is 0 Å². The summed E-state index contributed by atoms with van der Waals surface area (Å²) in [6, 6.07) is -1.09. The summed E-state index contributed by atoms with van der Waals surface area (Å²) in [5.41, 5.74) is 5.58. The van der Waals surface area contributed by atoms with Crippen LogP contribution in [-0.4, -0.2) is 54.6 Å². The van der Waals surface area contributed by atoms with Crippen molar-refractivity contribution in [3.63, 3.8) is 0 Å². The van der Waals surface area contributed by atoms with Gasteiger partial charge in [-0.2, -0.15) is 0 Å². The normalized spacial score (nSPS) is 14.2. The Hall–Kier alpha value is -2.36. The van der Waals surface area contributed by atoms with E-state index in [4.69, 9.17) is 24.3 Å². The number of ether oxygens (including phenoxy) is 2. The standard InChI is InChI=1S/C47H84NO9P/c1-4-6-8-10-12-14-16-18-20-21-22-23-25-27-29-31-33-35-37-39-47(51)57-44(41-55-58(52,53)56-42-45(48)43(3)49)40-54-46(50)38-36-34-32-30-28-26-24-19-17-15-13-11-9-7-5-2/h18,20,22-23,27,29,33,35,44-45H,4-17,19,21,24-26,28,30-32,34,36-42,48H2,1-3H3,(H,52,53). The van der Waals surface area contributed by atoms with Gasteiger partial charge in [-0.05, 0) is 51.9 Å². The number of esters is 2. The minimum atomic E-state index is -4.62. The van der Waals surface area contributed by atoms with Crippen molar-refractivity contribution >= 4 is 25.5 Å². The van der Waals surface area contributed by atoms with Crippen LogP contribution in [0.4, 0.5) is 0 Å². The van der Waals surface area contributed by atoms with Gasteiger partial charge in [-0.25, -0.2) is 4.57 Å². The van der Waals surface area contributed by atoms with E-state index in [1.54, 1.807) is 0 Å². The van der Waals surface area contributed by atoms with Crippen molar-refractivity contribution < 1.29 is 42.4 Å². The number of hydrogen-bond donors (Lipinski definition) is 2. The van der Waals surface area contributed by atoms with Crippen LogP contribution in [0, 0.1) is 0 Å². The molecule has 3 atom stereocenters. The molecule has 0 radical (unpaired) electrons. The molecule has 3 N–H and O–H groups in total. The van der Waals surface area contributed by atoms with Crippen LogP contribution in [0.3, 0.4) is 0 Å². The van der Waals surface area contributed by atoms with Gasteiger partial charge in [-0.15, -0.1) is 0 Å². The molecule has 0 saturated carbocycles. The van der Waals surface area contributed by atoms with Gasteiger partial charge < -0.3 is 20.1 Å². The second kappa shape index (κ2) is 41.4. The first kappa shape index (κ1) is 55.6. The van der Waals surface area contributed by atoms with Crippen LogP contribution in [0.15, 0.2) is 48.6 Å². The maximum absolute atomic E-state index is 12.6. The highest BCUT2D eigenvalue weighted by Crippen LogP contribution is 2.43. The number of carbonyl (C=O) groups is 3. The summed E-state index contributed by atoms with van der Waals surface area (Å²) >= 11 is 0. The van der Waals surface area contributed by atoms with Crippen LogP contribution in [-0.2, 0) is 37.5 Å². The molecule has 10 nitrogen and oxygen atoms in total. The molecule has 0 fully saturated rings. The van der Waals surface area contributed by atoms with Crippen molar-refractivity contribution in [2.45, 2.75) is 213 Å². The zero-order valence-corrected chi connectivity index (χ0v) is 37.8. The Balaban J connectivity index is 4.45. The Kier molecular flexibility index (Phi) is 39.7. The van der Waals surface area contributed by atoms with Gasteiger partial charge in [0.25, 0.3) is 0 Å². The highest BCUT2D eigenvalue weighted by Gasteiger charge is 2.27. The summed E-state index contributed by atoms with van der Waals surface area (Å²) in [6.45, 7) is 4.34. The van der Waals surface area contributed by atoms with E-state index in [1.807, 2.05) is 12.2 Å². The predicted octanol–water partition coefficient (Wildman–Crippen LogP) is 12.7. The molecule has 3 unspecified atom stereocenters. The van der Waals surface area contributed by atoms with E-state index in [0.29, 0.717) is 12.8 Å². The van der Waals surface area contributed by atoms with Crippen LogP contribution >= 0.6 is 7.82 Å². The van der Waals surface area contributed by atoms with Crippen molar-refractivity contribution in [2.24, 2.45) is 5.73 Å². The fourth-order valence-corrected chi connectivity index (χ4v) is 6.84. The van der Waals surface area contributed by atoms with E-state index in [-0.39, 0.29) is 19.4 Å². The highest BCUT2D eigenvalue weighted by molar-refractivity contribution is 7.47. The monoisotopic (exact) mass is 838 g/mol. The number of hydrogen-bond acceptors (Lipinski definition) is 9. The number of phosphoric ester groups is 1. The Morgan fingerprint density at radius 3 is 1.43 bits per heavy atom. The number of rotatable bonds is 42. The topological polar surface area (TPSA) is 151 Å². The first-order valence-electron chi connectivity index (χ1n) is 22.9. The maximum Gasteiger partial charge on any atom is 0.472 e. The van der Waals surface area contributed by atoms with Gasteiger partial charge in [0.15, 0.2) is 6.10 Å². The van der Waals surface area contributed by atoms with Crippen LogP contribution in [0.2, 0.25) is 0 Å². The predicted molar refractivity (Wildman–Crippen MR) is 238 cm³/mol. The number of ketones is 1. The number of allylic oxidation sites excluding steroid dienone is 8. The van der Waals surface area contributed by atoms with Gasteiger partial charge in [0, 0.05) is 12.8 Å². The van der Waals surface area contributed by atoms with Gasteiger partial charge in [-0.3, -0.25) is 23.4 Å². The third kappa shape index (κ3) is 40.4. The van der Waals surface area contributed by atoms with Crippen LogP contribution < -0.4 is 5.73 Å². The molecule has 0 aromatic heterocycles. The summed E-state index contributed by atoms with van der Waals surface area (Å²) in [4.78, 5) is 46.5. The molecule has 0 amide bonds. The average molecular weight is 838 g/mol. The lowest BCUT2D eigenvalue weighted by atomic mass is 10.0. The molecule has 58 heavy (non-hydrogen) atoms. The van der Waals surface area contributed by atoms with Gasteiger partial charge >= 0.3 is 19.8 Å². The number of phosphoric acid groups is 1. The van der Waals surface area contributed by atoms with E-state index >= 15 is 0 Å². The van der Waals surface area contributed by atoms with Crippen molar-refractivity contribution in [1.82, 2.24) is 0 Å². The Morgan fingerprint density at radius 2 is 0.948 bits per heavy atom. The summed E-state index contributed by atoms with van der Waals surface area (Å²) in [7, 11) is -4.62. The molecular formula is C47H84NO9P. The molecule has 0 bridgehead atoms. The number of carbonyl (C=O) groups excluding carboxylic acids is 3. The summed E-state index contributed by atoms with van der Waals surface area (Å²) < 4.78 is 33.0. The minimum Gasteiger partial charge on any atom is -0.462 e. The maximum atomic E-state index is 12.6. The fourth-order valence-electron chi connectivity index (χ4n) is 6.06. The van der Waals surface area contributed by atoms with E-state index in [9.17, 15) is 23.8 Å². The van der Waals surface area contributed by atoms with Gasteiger partial charge in [0.05, 0.1) is 19.3 Å². The second-order valence-corrected chi connectivity index (χ2v) is 16.9. The van der Waals surface area contributed by atoms with Gasteiger partial charge in [0.1, 0.15) is 12.4 Å². The lowest BCUT2D eigenvalue weighted by Crippen LogP contribution is -2.33. The van der Waals surface area contributed by atoms with Crippen molar-refractivity contribution in [3.8, 4) is 0 Å². The molecule has 0 aliphatic carbocycles. The van der Waals surface area contributed by atoms with E-state index in [0.717, 1.165) is 44.9 Å². The minimum absolute atomic E-state index is 0.0691. The van der Waals surface area contributed by atoms with Crippen LogP contribution in [0.1, 0.15) is 201 Å². The highest BCUT2D eigenvalue weighted by atomic mass is 31.2. The van der Waals surface area contributed by atoms with E-state index < -0.39 is 50.9 Å². The van der Waals surface area contributed by atoms with Crippen molar-refractivity contribution in [1.29, 1.82) is 0 Å². The van der Waals surface area contributed by atoms with E-state index in [2.05, 4.69) is 50.3 Å². The zero-order chi connectivity index (χ0) is 42.8. The smallest absolute Gasteiger partial charge is 0.462 e. The number of nitrogens with two attached hydrogens (primary N) is 1. The van der Waals surface area contributed by atoms with Crippen LogP contribution in [0.5, 0.6) is 0 Å². The third-order valence-corrected chi connectivity index (χ3v) is 10.7. The number of unbranched alkanes of at least 4 members (excludes halogenated alkanes) is 20. The van der Waals surface area contributed by atoms with Crippen molar-refractivity contribution in [2.75, 3.05) is 19.8 Å². The third-order valence-electron chi connectivity index (χ3n) is 9.80. The average Bonchev–Trinajstić information content (AvgIpc) is 3.20. The molecule has 0 aromatic carbocycles. The second-order valence-electron chi connectivity index (χ2n) is 15.5. The van der Waals surface area contributed by atoms with Crippen molar-refractivity contribution in [3.05, 3.63) is 48.6 Å². The summed E-state index contributed by atoms with van der Waals surface area (Å²) in [5, 5.41) is 0. The summed E-state index contributed by atoms with van der Waals surface area (Å²) in [6.07, 6.45) is 46.6. The van der Waals surface area contributed by atoms with Crippen LogP contribution in [0.25, 0.3) is 0 Å². The summed E-state index contributed by atoms with van der Waals surface area (Å²) in [5.74, 6) is -1.41. The number of Topliss-reactive ketones (excluding diaryl/α,β-unsaturated/α-hetero) is 1. The SMILES string of the molecule is CCCCCCCCC=CCC=CCC=CCC=CCCC(=O)OC(COC(=O)CCCCCCCCCCCCCCCCC)COP(=O)(O)OCC(N)C(C)=O. The first-order valence-corrected chi connectivity index (χ1v) is 24.4. The largest absolute Gasteiger partial charge is 0.472 e. The molecule has 0 spiro atoms. The molecule has 11 heteroatoms. The lowest BCUT2D eigenvalue weighted by Gasteiger charge is -2.20. The fraction of sp³-hybridized carbons (Fsp3) is 0.766.